The van der Waals surface area contributed by atoms with E-state index >= 15 is 0 Å². The zero-order valence-electron chi connectivity index (χ0n) is 19.6. The molecule has 3 N–H and O–H groups in total. The van der Waals surface area contributed by atoms with Crippen molar-refractivity contribution in [3.05, 3.63) is 101 Å². The molecule has 0 aliphatic rings. The molecule has 0 radical (unpaired) electrons. The monoisotopic (exact) mass is 527 g/mol. The van der Waals surface area contributed by atoms with Gasteiger partial charge in [-0.25, -0.2) is 18.1 Å². The number of benzene rings is 3. The molecule has 9 heteroatoms. The van der Waals surface area contributed by atoms with Crippen molar-refractivity contribution in [2.75, 3.05) is 5.73 Å². The number of fused-ring (bicyclic) bond motifs is 1. The molecule has 0 spiro atoms. The number of sulfonamides is 1. The Morgan fingerprint density at radius 1 is 0.865 bits per heavy atom. The van der Waals surface area contributed by atoms with Gasteiger partial charge in [-0.05, 0) is 41.5 Å². The van der Waals surface area contributed by atoms with E-state index in [1.807, 2.05) is 71.5 Å². The van der Waals surface area contributed by atoms with Crippen LogP contribution in [0.15, 0.2) is 95.9 Å². The highest BCUT2D eigenvalue weighted by Gasteiger charge is 2.23. The number of nitrogens with one attached hydrogen (secondary N) is 1. The summed E-state index contributed by atoms with van der Waals surface area (Å²) in [5.41, 5.74) is 10.7. The largest absolute Gasteiger partial charge is 0.397 e. The number of nitrogens with two attached hydrogens (primary N) is 1. The maximum absolute atomic E-state index is 13.5. The van der Waals surface area contributed by atoms with Crippen LogP contribution in [0.1, 0.15) is 22.2 Å². The molecule has 5 rings (SSSR count). The maximum atomic E-state index is 13.5. The lowest BCUT2D eigenvalue weighted by Gasteiger charge is -2.09. The minimum absolute atomic E-state index is 0.121. The zero-order valence-corrected chi connectivity index (χ0v) is 21.3. The summed E-state index contributed by atoms with van der Waals surface area (Å²) in [5.74, 6) is -1.04. The second-order valence-electron chi connectivity index (χ2n) is 8.33. The molecule has 0 bridgehead atoms. The summed E-state index contributed by atoms with van der Waals surface area (Å²) in [5, 5.41) is 0.698. The molecule has 0 fully saturated rings. The van der Waals surface area contributed by atoms with Crippen molar-refractivity contribution >= 4 is 49.0 Å². The average molecular weight is 528 g/mol. The summed E-state index contributed by atoms with van der Waals surface area (Å²) >= 11 is 1.20. The van der Waals surface area contributed by atoms with Gasteiger partial charge in [0.25, 0.3) is 10.0 Å². The second kappa shape index (κ2) is 9.61. The van der Waals surface area contributed by atoms with Gasteiger partial charge in [-0.2, -0.15) is 0 Å². The molecule has 1 amide bonds. The fraction of sp³-hybridized carbons (Fsp3) is 0.0357. The Labute approximate surface area is 217 Å². The lowest BCUT2D eigenvalue weighted by Crippen LogP contribution is -2.28. The average Bonchev–Trinajstić information content (AvgIpc) is 3.24. The fourth-order valence-electron chi connectivity index (χ4n) is 4.06. The minimum atomic E-state index is -4.01. The van der Waals surface area contributed by atoms with Crippen LogP contribution in [0.3, 0.4) is 0 Å². The fourth-order valence-corrected chi connectivity index (χ4v) is 6.13. The molecule has 3 aromatic carbocycles. The lowest BCUT2D eigenvalue weighted by atomic mass is 9.99. The maximum Gasteiger partial charge on any atom is 0.264 e. The number of hydrogen-bond acceptors (Lipinski definition) is 7. The molecule has 37 heavy (non-hydrogen) atoms. The third kappa shape index (κ3) is 4.74. The topological polar surface area (TPSA) is 119 Å². The molecule has 2 aromatic heterocycles. The molecule has 0 aliphatic heterocycles. The highest BCUT2D eigenvalue weighted by molar-refractivity contribution is 7.90. The Morgan fingerprint density at radius 3 is 2.05 bits per heavy atom. The smallest absolute Gasteiger partial charge is 0.264 e. The number of amides is 1. The summed E-state index contributed by atoms with van der Waals surface area (Å²) < 4.78 is 26.4. The summed E-state index contributed by atoms with van der Waals surface area (Å²) in [7, 11) is -4.01. The molecular weight excluding hydrogens is 506 g/mol. The van der Waals surface area contributed by atoms with Crippen LogP contribution in [0.25, 0.3) is 32.6 Å². The standard InChI is InChI=1S/C28H21N3O4S2/c1-17(32)31-37(34,35)21-14-12-20(13-15-21)26(33)27-25(29)24-22(18-8-4-2-5-9-18)16-23(30-28(24)36-27)19-10-6-3-7-11-19/h2-16H,29H2,1H3,(H,31,32). The first-order valence-electron chi connectivity index (χ1n) is 11.3. The molecule has 5 aromatic rings. The number of carbonyl (C=O) groups excluding carboxylic acids is 2. The number of nitrogen functional groups attached to an aromatic ring is 1. The van der Waals surface area contributed by atoms with E-state index in [0.29, 0.717) is 20.8 Å². The normalized spacial score (nSPS) is 11.4. The van der Waals surface area contributed by atoms with E-state index in [0.717, 1.165) is 29.3 Å². The Balaban J connectivity index is 1.62. The van der Waals surface area contributed by atoms with Crippen LogP contribution in [0.2, 0.25) is 0 Å². The van der Waals surface area contributed by atoms with Gasteiger partial charge in [-0.3, -0.25) is 9.59 Å². The van der Waals surface area contributed by atoms with Crippen molar-refractivity contribution in [1.29, 1.82) is 0 Å². The number of carbonyl (C=O) groups is 2. The van der Waals surface area contributed by atoms with Gasteiger partial charge in [0.1, 0.15) is 9.71 Å². The highest BCUT2D eigenvalue weighted by atomic mass is 32.2. The molecule has 0 atom stereocenters. The van der Waals surface area contributed by atoms with E-state index in [1.54, 1.807) is 0 Å². The van der Waals surface area contributed by atoms with E-state index in [4.69, 9.17) is 10.7 Å². The van der Waals surface area contributed by atoms with Gasteiger partial charge < -0.3 is 5.73 Å². The summed E-state index contributed by atoms with van der Waals surface area (Å²) in [6.45, 7) is 1.11. The summed E-state index contributed by atoms with van der Waals surface area (Å²) in [6.07, 6.45) is 0. The van der Waals surface area contributed by atoms with Crippen molar-refractivity contribution in [1.82, 2.24) is 9.71 Å². The van der Waals surface area contributed by atoms with Crippen molar-refractivity contribution in [2.45, 2.75) is 11.8 Å². The molecule has 2 heterocycles. The quantitative estimate of drug-likeness (QED) is 0.291. The van der Waals surface area contributed by atoms with E-state index in [1.165, 1.54) is 35.6 Å². The number of aromatic nitrogens is 1. The third-order valence-corrected chi connectivity index (χ3v) is 8.31. The molecule has 0 aliphatic carbocycles. The van der Waals surface area contributed by atoms with Crippen molar-refractivity contribution in [3.8, 4) is 22.4 Å². The van der Waals surface area contributed by atoms with Gasteiger partial charge >= 0.3 is 0 Å². The van der Waals surface area contributed by atoms with Crippen LogP contribution in [0.4, 0.5) is 5.69 Å². The zero-order chi connectivity index (χ0) is 26.2. The van der Waals surface area contributed by atoms with Crippen LogP contribution >= 0.6 is 11.3 Å². The molecule has 0 unspecified atom stereocenters. The van der Waals surface area contributed by atoms with Crippen LogP contribution < -0.4 is 10.5 Å². The van der Waals surface area contributed by atoms with E-state index in [9.17, 15) is 18.0 Å². The van der Waals surface area contributed by atoms with Gasteiger partial charge in [0.2, 0.25) is 11.7 Å². The third-order valence-electron chi connectivity index (χ3n) is 5.76. The van der Waals surface area contributed by atoms with Gasteiger partial charge in [0, 0.05) is 23.4 Å². The number of hydrogen-bond donors (Lipinski definition) is 2. The first kappa shape index (κ1) is 24.4. The van der Waals surface area contributed by atoms with Gasteiger partial charge in [-0.15, -0.1) is 11.3 Å². The van der Waals surface area contributed by atoms with Crippen LogP contribution in [0, 0.1) is 0 Å². The van der Waals surface area contributed by atoms with Gasteiger partial charge in [0.05, 0.1) is 16.3 Å². The Morgan fingerprint density at radius 2 is 1.46 bits per heavy atom. The van der Waals surface area contributed by atoms with Crippen LogP contribution in [0.5, 0.6) is 0 Å². The first-order valence-corrected chi connectivity index (χ1v) is 13.6. The van der Waals surface area contributed by atoms with E-state index < -0.39 is 15.9 Å². The van der Waals surface area contributed by atoms with Gasteiger partial charge in [0.15, 0.2) is 0 Å². The number of nitrogens with zero attached hydrogens (tertiary/aromatic N) is 1. The first-order chi connectivity index (χ1) is 17.7. The highest BCUT2D eigenvalue weighted by Crippen LogP contribution is 2.42. The molecule has 184 valence electrons. The van der Waals surface area contributed by atoms with Crippen molar-refractivity contribution < 1.29 is 18.0 Å². The molecule has 7 nitrogen and oxygen atoms in total. The van der Waals surface area contributed by atoms with Crippen LogP contribution in [-0.2, 0) is 14.8 Å². The van der Waals surface area contributed by atoms with Crippen molar-refractivity contribution in [3.63, 3.8) is 0 Å². The lowest BCUT2D eigenvalue weighted by molar-refractivity contribution is -0.117. The Kier molecular flexibility index (Phi) is 6.32. The number of ketones is 1. The summed E-state index contributed by atoms with van der Waals surface area (Å²) in [6, 6.07) is 26.9. The number of anilines is 1. The minimum Gasteiger partial charge on any atom is -0.397 e. The van der Waals surface area contributed by atoms with E-state index in [2.05, 4.69) is 0 Å². The molecule has 0 saturated heterocycles. The number of thiophene rings is 1. The number of rotatable bonds is 6. The van der Waals surface area contributed by atoms with Crippen LogP contribution in [-0.4, -0.2) is 25.1 Å². The molecular formula is C28H21N3O4S2. The predicted molar refractivity (Wildman–Crippen MR) is 146 cm³/mol. The molecule has 0 saturated carbocycles. The predicted octanol–water partition coefficient (Wildman–Crippen LogP) is 5.27. The SMILES string of the molecule is CC(=O)NS(=O)(=O)c1ccc(C(=O)c2sc3nc(-c4ccccc4)cc(-c4ccccc4)c3c2N)cc1. The van der Waals surface area contributed by atoms with E-state index in [-0.39, 0.29) is 16.2 Å². The Bertz CT molecular complexity index is 1750. The summed E-state index contributed by atoms with van der Waals surface area (Å²) in [4.78, 5) is 30.3. The van der Waals surface area contributed by atoms with Gasteiger partial charge in [-0.1, -0.05) is 60.7 Å². The van der Waals surface area contributed by atoms with Crippen molar-refractivity contribution in [2.24, 2.45) is 0 Å². The Hall–Kier alpha value is -4.34. The number of pyridine rings is 1. The second-order valence-corrected chi connectivity index (χ2v) is 11.0.